The number of H-pyrrole nitrogens is 1. The number of benzene rings is 1. The number of nitrogens with zero attached hydrogens (tertiary/aromatic N) is 1. The van der Waals surface area contributed by atoms with Crippen molar-refractivity contribution in [3.8, 4) is 5.75 Å². The zero-order valence-electron chi connectivity index (χ0n) is 11.8. The van der Waals surface area contributed by atoms with Crippen molar-refractivity contribution >= 4 is 5.91 Å². The highest BCUT2D eigenvalue weighted by Gasteiger charge is 2.22. The second kappa shape index (κ2) is 5.47. The van der Waals surface area contributed by atoms with Gasteiger partial charge in [0.25, 0.3) is 5.91 Å². The zero-order valence-corrected chi connectivity index (χ0v) is 11.8. The molecule has 0 radical (unpaired) electrons. The van der Waals surface area contributed by atoms with Crippen molar-refractivity contribution in [2.45, 2.75) is 18.9 Å². The largest absolute Gasteiger partial charge is 0.493 e. The van der Waals surface area contributed by atoms with Gasteiger partial charge in [-0.15, -0.1) is 0 Å². The number of aromatic amines is 1. The monoisotopic (exact) mass is 287 g/mol. The Bertz CT molecular complexity index is 717. The van der Waals surface area contributed by atoms with E-state index in [0.717, 1.165) is 24.2 Å². The van der Waals surface area contributed by atoms with Crippen LogP contribution in [0.1, 0.15) is 34.9 Å². The summed E-state index contributed by atoms with van der Waals surface area (Å²) in [4.78, 5) is 26.2. The summed E-state index contributed by atoms with van der Waals surface area (Å²) in [5.41, 5.74) is 0.997. The maximum atomic E-state index is 12.3. The molecule has 110 valence electrons. The first-order valence-electron chi connectivity index (χ1n) is 6.94. The smallest absolute Gasteiger partial charge is 0.325 e. The number of hydrogen-bond donors (Lipinski definition) is 2. The Morgan fingerprint density at radius 2 is 2.24 bits per heavy atom. The standard InChI is InChI=1S/C15H17N3O3/c1-18-12(9-16-15(18)20)14(19)17-11-6-4-8-21-13-7-3-2-5-10(11)13/h2-3,5,7,9,11H,4,6,8H2,1H3,(H,16,20)(H,17,19). The molecule has 0 saturated carbocycles. The molecule has 1 aliphatic rings. The summed E-state index contributed by atoms with van der Waals surface area (Å²) in [5.74, 6) is 0.542. The molecule has 0 saturated heterocycles. The van der Waals surface area contributed by atoms with Gasteiger partial charge in [-0.1, -0.05) is 18.2 Å². The highest BCUT2D eigenvalue weighted by Crippen LogP contribution is 2.31. The van der Waals surface area contributed by atoms with E-state index in [1.807, 2.05) is 24.3 Å². The van der Waals surface area contributed by atoms with E-state index in [9.17, 15) is 9.59 Å². The third-order valence-corrected chi connectivity index (χ3v) is 3.73. The number of nitrogens with one attached hydrogen (secondary N) is 2. The van der Waals surface area contributed by atoms with Gasteiger partial charge >= 0.3 is 5.69 Å². The Balaban J connectivity index is 1.86. The van der Waals surface area contributed by atoms with E-state index in [-0.39, 0.29) is 17.6 Å². The van der Waals surface area contributed by atoms with Crippen molar-refractivity contribution in [2.75, 3.05) is 6.61 Å². The predicted octanol–water partition coefficient (Wildman–Crippen LogP) is 1.36. The molecule has 2 heterocycles. The van der Waals surface area contributed by atoms with Crippen LogP contribution in [0.3, 0.4) is 0 Å². The number of aromatic nitrogens is 2. The van der Waals surface area contributed by atoms with Crippen molar-refractivity contribution in [3.05, 3.63) is 52.2 Å². The van der Waals surface area contributed by atoms with Crippen LogP contribution in [0, 0.1) is 0 Å². The Labute approximate surface area is 121 Å². The molecular formula is C15H17N3O3. The number of amides is 1. The number of carbonyl (C=O) groups excluding carboxylic acids is 1. The lowest BCUT2D eigenvalue weighted by molar-refractivity contribution is 0.0926. The molecule has 6 heteroatoms. The maximum absolute atomic E-state index is 12.3. The second-order valence-electron chi connectivity index (χ2n) is 5.09. The molecule has 0 fully saturated rings. The highest BCUT2D eigenvalue weighted by molar-refractivity contribution is 5.92. The van der Waals surface area contributed by atoms with Crippen LogP contribution in [0.4, 0.5) is 0 Å². The minimum absolute atomic E-state index is 0.110. The lowest BCUT2D eigenvalue weighted by Gasteiger charge is -2.18. The lowest BCUT2D eigenvalue weighted by atomic mass is 10.0. The number of fused-ring (bicyclic) bond motifs is 1. The highest BCUT2D eigenvalue weighted by atomic mass is 16.5. The van der Waals surface area contributed by atoms with Crippen LogP contribution < -0.4 is 15.7 Å². The SMILES string of the molecule is Cn1c(C(=O)NC2CCCOc3ccccc32)c[nH]c1=O. The predicted molar refractivity (Wildman–Crippen MR) is 77.4 cm³/mol. The molecule has 1 aromatic heterocycles. The molecule has 6 nitrogen and oxygen atoms in total. The summed E-state index contributed by atoms with van der Waals surface area (Å²) >= 11 is 0. The lowest BCUT2D eigenvalue weighted by Crippen LogP contribution is -2.31. The van der Waals surface area contributed by atoms with Gasteiger partial charge in [-0.25, -0.2) is 4.79 Å². The van der Waals surface area contributed by atoms with Crippen LogP contribution in [0.2, 0.25) is 0 Å². The molecule has 1 aromatic carbocycles. The van der Waals surface area contributed by atoms with Gasteiger partial charge in [0, 0.05) is 18.8 Å². The first-order valence-corrected chi connectivity index (χ1v) is 6.94. The molecule has 2 aromatic rings. The van der Waals surface area contributed by atoms with Crippen molar-refractivity contribution in [1.82, 2.24) is 14.9 Å². The van der Waals surface area contributed by atoms with Crippen LogP contribution in [-0.4, -0.2) is 22.1 Å². The van der Waals surface area contributed by atoms with E-state index >= 15 is 0 Å². The average molecular weight is 287 g/mol. The van der Waals surface area contributed by atoms with Gasteiger partial charge in [0.1, 0.15) is 11.4 Å². The molecule has 21 heavy (non-hydrogen) atoms. The molecular weight excluding hydrogens is 270 g/mol. The van der Waals surface area contributed by atoms with Crippen LogP contribution in [0.25, 0.3) is 0 Å². The second-order valence-corrected chi connectivity index (χ2v) is 5.09. The molecule has 0 bridgehead atoms. The first-order chi connectivity index (χ1) is 10.2. The van der Waals surface area contributed by atoms with E-state index in [4.69, 9.17) is 4.74 Å². The Morgan fingerprint density at radius 3 is 3.00 bits per heavy atom. The fourth-order valence-corrected chi connectivity index (χ4v) is 2.56. The number of hydrogen-bond acceptors (Lipinski definition) is 3. The van der Waals surface area contributed by atoms with Crippen LogP contribution in [-0.2, 0) is 7.05 Å². The molecule has 1 aliphatic heterocycles. The van der Waals surface area contributed by atoms with Crippen LogP contribution in [0.15, 0.2) is 35.3 Å². The molecule has 1 atom stereocenters. The first kappa shape index (κ1) is 13.5. The van der Waals surface area contributed by atoms with Gasteiger partial charge in [-0.3, -0.25) is 9.36 Å². The summed E-state index contributed by atoms with van der Waals surface area (Å²) in [5, 5.41) is 2.99. The van der Waals surface area contributed by atoms with E-state index in [1.54, 1.807) is 7.05 Å². The Morgan fingerprint density at radius 1 is 1.43 bits per heavy atom. The van der Waals surface area contributed by atoms with Gasteiger partial charge < -0.3 is 15.0 Å². The maximum Gasteiger partial charge on any atom is 0.325 e. The summed E-state index contributed by atoms with van der Waals surface area (Å²) in [6.07, 6.45) is 3.10. The van der Waals surface area contributed by atoms with Gasteiger partial charge in [0.2, 0.25) is 0 Å². The minimum atomic E-state index is -0.301. The summed E-state index contributed by atoms with van der Waals surface area (Å²) < 4.78 is 6.98. The Hall–Kier alpha value is -2.50. The average Bonchev–Trinajstić information content (AvgIpc) is 2.71. The van der Waals surface area contributed by atoms with E-state index in [1.165, 1.54) is 10.8 Å². The summed E-state index contributed by atoms with van der Waals surface area (Å²) in [7, 11) is 1.57. The third-order valence-electron chi connectivity index (χ3n) is 3.73. The van der Waals surface area contributed by atoms with Gasteiger partial charge in [0.15, 0.2) is 0 Å². The fourth-order valence-electron chi connectivity index (χ4n) is 2.56. The normalized spacial score (nSPS) is 17.5. The number of carbonyl (C=O) groups is 1. The fraction of sp³-hybridized carbons (Fsp3) is 0.333. The van der Waals surface area contributed by atoms with E-state index in [2.05, 4.69) is 10.3 Å². The van der Waals surface area contributed by atoms with Crippen LogP contribution in [0.5, 0.6) is 5.75 Å². The van der Waals surface area contributed by atoms with Crippen LogP contribution >= 0.6 is 0 Å². The van der Waals surface area contributed by atoms with Crippen molar-refractivity contribution in [3.63, 3.8) is 0 Å². The molecule has 1 amide bonds. The number of ether oxygens (including phenoxy) is 1. The van der Waals surface area contributed by atoms with Gasteiger partial charge in [0.05, 0.1) is 12.6 Å². The van der Waals surface area contributed by atoms with Gasteiger partial charge in [-0.05, 0) is 18.9 Å². The molecule has 2 N–H and O–H groups in total. The minimum Gasteiger partial charge on any atom is -0.493 e. The summed E-state index contributed by atoms with van der Waals surface area (Å²) in [6.45, 7) is 0.645. The molecule has 1 unspecified atom stereocenters. The summed E-state index contributed by atoms with van der Waals surface area (Å²) in [6, 6.07) is 7.60. The number of rotatable bonds is 2. The zero-order chi connectivity index (χ0) is 14.8. The quantitative estimate of drug-likeness (QED) is 0.875. The van der Waals surface area contributed by atoms with Crippen molar-refractivity contribution < 1.29 is 9.53 Å². The third kappa shape index (κ3) is 2.56. The number of imidazole rings is 1. The van der Waals surface area contributed by atoms with Crippen molar-refractivity contribution in [1.29, 1.82) is 0 Å². The molecule has 3 rings (SSSR count). The van der Waals surface area contributed by atoms with Crippen molar-refractivity contribution in [2.24, 2.45) is 7.05 Å². The van der Waals surface area contributed by atoms with E-state index < -0.39 is 0 Å². The Kier molecular flexibility index (Phi) is 3.51. The van der Waals surface area contributed by atoms with E-state index in [0.29, 0.717) is 12.3 Å². The molecule has 0 spiro atoms. The van der Waals surface area contributed by atoms with Gasteiger partial charge in [-0.2, -0.15) is 0 Å². The topological polar surface area (TPSA) is 76.1 Å². The number of para-hydroxylation sites is 1. The molecule has 0 aliphatic carbocycles.